The van der Waals surface area contributed by atoms with Gasteiger partial charge in [0.2, 0.25) is 10.0 Å². The van der Waals surface area contributed by atoms with Crippen molar-refractivity contribution in [3.05, 3.63) is 51.1 Å². The highest BCUT2D eigenvalue weighted by molar-refractivity contribution is 14.1. The molecule has 1 aliphatic rings. The highest BCUT2D eigenvalue weighted by Gasteiger charge is 2.24. The number of carbonyl (C=O) groups is 1. The topological polar surface area (TPSA) is 105 Å². The Hall–Kier alpha value is -2.03. The van der Waals surface area contributed by atoms with Gasteiger partial charge in [0.25, 0.3) is 5.91 Å². The molecule has 0 aromatic heterocycles. The molecule has 1 heterocycles. The number of sulfonamides is 1. The predicted molar refractivity (Wildman–Crippen MR) is 126 cm³/mol. The van der Waals surface area contributed by atoms with E-state index in [1.165, 1.54) is 22.7 Å². The van der Waals surface area contributed by atoms with Crippen LogP contribution in [0.1, 0.15) is 10.4 Å². The van der Waals surface area contributed by atoms with Crippen LogP contribution in [0.4, 0.5) is 20.2 Å². The molecule has 3 N–H and O–H groups in total. The van der Waals surface area contributed by atoms with Crippen LogP contribution in [0.3, 0.4) is 0 Å². The van der Waals surface area contributed by atoms with Crippen molar-refractivity contribution in [2.75, 3.05) is 50.9 Å². The lowest BCUT2D eigenvalue weighted by Gasteiger charge is -2.33. The Bertz CT molecular complexity index is 1110. The first-order valence-corrected chi connectivity index (χ1v) is 12.6. The quantitative estimate of drug-likeness (QED) is 0.465. The van der Waals surface area contributed by atoms with E-state index in [4.69, 9.17) is 10.5 Å². The summed E-state index contributed by atoms with van der Waals surface area (Å²) in [5.74, 6) is -2.15. The zero-order valence-electron chi connectivity index (χ0n) is 17.3. The first-order chi connectivity index (χ1) is 15.0. The molecule has 0 bridgehead atoms. The van der Waals surface area contributed by atoms with Gasteiger partial charge in [0.05, 0.1) is 17.6 Å². The van der Waals surface area contributed by atoms with Gasteiger partial charge in [0, 0.05) is 42.4 Å². The third-order valence-corrected chi connectivity index (χ3v) is 6.95. The van der Waals surface area contributed by atoms with Gasteiger partial charge in [-0.05, 0) is 46.9 Å². The van der Waals surface area contributed by atoms with Crippen molar-refractivity contribution in [1.82, 2.24) is 9.21 Å². The summed E-state index contributed by atoms with van der Waals surface area (Å²) in [6, 6.07) is 6.54. The SMILES string of the molecule is CS(=O)(=O)N1CCN(CCOc2cc(F)cc(Nc3ccc(I)cc3F)c2C(N)=O)CC1. The fraction of sp³-hybridized carbons (Fsp3) is 0.350. The van der Waals surface area contributed by atoms with Gasteiger partial charge >= 0.3 is 0 Å². The van der Waals surface area contributed by atoms with Crippen LogP contribution in [0.2, 0.25) is 0 Å². The average Bonchev–Trinajstić information content (AvgIpc) is 2.69. The summed E-state index contributed by atoms with van der Waals surface area (Å²) in [5, 5.41) is 2.72. The minimum Gasteiger partial charge on any atom is -0.491 e. The Balaban J connectivity index is 1.71. The number of hydrogen-bond acceptors (Lipinski definition) is 6. The molecule has 1 aliphatic heterocycles. The summed E-state index contributed by atoms with van der Waals surface area (Å²) in [6.45, 7) is 2.38. The van der Waals surface area contributed by atoms with Crippen LogP contribution in [0, 0.1) is 15.2 Å². The lowest BCUT2D eigenvalue weighted by Crippen LogP contribution is -2.49. The summed E-state index contributed by atoms with van der Waals surface area (Å²) in [4.78, 5) is 14.1. The number of nitrogens with two attached hydrogens (primary N) is 1. The molecule has 174 valence electrons. The largest absolute Gasteiger partial charge is 0.491 e. The van der Waals surface area contributed by atoms with Crippen molar-refractivity contribution in [2.24, 2.45) is 5.73 Å². The second-order valence-electron chi connectivity index (χ2n) is 7.29. The number of carbonyl (C=O) groups excluding carboxylic acids is 1. The lowest BCUT2D eigenvalue weighted by molar-refractivity contribution is 0.0995. The molecule has 2 aromatic carbocycles. The Kier molecular flexibility index (Phi) is 7.90. The maximum Gasteiger partial charge on any atom is 0.254 e. The van der Waals surface area contributed by atoms with Gasteiger partial charge in [0.1, 0.15) is 29.6 Å². The van der Waals surface area contributed by atoms with Crippen LogP contribution in [0.15, 0.2) is 30.3 Å². The van der Waals surface area contributed by atoms with Crippen LogP contribution in [-0.2, 0) is 10.0 Å². The number of nitrogens with one attached hydrogen (secondary N) is 1. The second-order valence-corrected chi connectivity index (χ2v) is 10.5. The highest BCUT2D eigenvalue weighted by Crippen LogP contribution is 2.31. The molecule has 0 saturated carbocycles. The second kappa shape index (κ2) is 10.3. The van der Waals surface area contributed by atoms with Crippen LogP contribution in [0.5, 0.6) is 5.75 Å². The number of primary amides is 1. The molecule has 2 aromatic rings. The van der Waals surface area contributed by atoms with E-state index < -0.39 is 27.6 Å². The number of ether oxygens (including phenoxy) is 1. The van der Waals surface area contributed by atoms with Crippen molar-refractivity contribution < 1.29 is 26.7 Å². The van der Waals surface area contributed by atoms with Crippen molar-refractivity contribution >= 4 is 49.9 Å². The molecule has 8 nitrogen and oxygen atoms in total. The number of benzene rings is 2. The zero-order valence-corrected chi connectivity index (χ0v) is 20.3. The van der Waals surface area contributed by atoms with Crippen molar-refractivity contribution in [3.8, 4) is 5.75 Å². The van der Waals surface area contributed by atoms with Crippen molar-refractivity contribution in [2.45, 2.75) is 0 Å². The molecular weight excluding hydrogens is 557 g/mol. The molecule has 32 heavy (non-hydrogen) atoms. The van der Waals surface area contributed by atoms with E-state index in [1.807, 2.05) is 27.5 Å². The smallest absolute Gasteiger partial charge is 0.254 e. The molecule has 0 atom stereocenters. The predicted octanol–water partition coefficient (Wildman–Crippen LogP) is 2.37. The van der Waals surface area contributed by atoms with E-state index in [9.17, 15) is 22.0 Å². The van der Waals surface area contributed by atoms with Crippen LogP contribution >= 0.6 is 22.6 Å². The van der Waals surface area contributed by atoms with Gasteiger partial charge in [-0.1, -0.05) is 0 Å². The number of rotatable bonds is 8. The van der Waals surface area contributed by atoms with Crippen molar-refractivity contribution in [3.63, 3.8) is 0 Å². The van der Waals surface area contributed by atoms with Crippen LogP contribution < -0.4 is 15.8 Å². The van der Waals surface area contributed by atoms with Gasteiger partial charge in [-0.3, -0.25) is 9.69 Å². The minimum atomic E-state index is -3.22. The van der Waals surface area contributed by atoms with E-state index in [1.54, 1.807) is 6.07 Å². The fourth-order valence-corrected chi connectivity index (χ4v) is 4.63. The zero-order chi connectivity index (χ0) is 23.5. The van der Waals surface area contributed by atoms with Crippen LogP contribution in [-0.4, -0.2) is 69.1 Å². The first kappa shape index (κ1) is 24.6. The van der Waals surface area contributed by atoms with E-state index in [-0.39, 0.29) is 29.3 Å². The Morgan fingerprint density at radius 1 is 1.16 bits per heavy atom. The Morgan fingerprint density at radius 3 is 2.44 bits per heavy atom. The third kappa shape index (κ3) is 6.27. The highest BCUT2D eigenvalue weighted by atomic mass is 127. The molecule has 3 rings (SSSR count). The lowest BCUT2D eigenvalue weighted by atomic mass is 10.1. The summed E-state index contributed by atoms with van der Waals surface area (Å²) in [6.07, 6.45) is 1.18. The number of piperazine rings is 1. The maximum absolute atomic E-state index is 14.2. The molecule has 0 unspecified atom stereocenters. The monoisotopic (exact) mass is 580 g/mol. The molecule has 0 spiro atoms. The average molecular weight is 580 g/mol. The maximum atomic E-state index is 14.2. The summed E-state index contributed by atoms with van der Waals surface area (Å²) in [5.41, 5.74) is 5.47. The number of amides is 1. The van der Waals surface area contributed by atoms with Gasteiger partial charge in [-0.2, -0.15) is 4.31 Å². The number of halogens is 3. The van der Waals surface area contributed by atoms with E-state index >= 15 is 0 Å². The molecule has 12 heteroatoms. The van der Waals surface area contributed by atoms with Crippen molar-refractivity contribution in [1.29, 1.82) is 0 Å². The van der Waals surface area contributed by atoms with Crippen LogP contribution in [0.25, 0.3) is 0 Å². The number of anilines is 2. The molecule has 1 saturated heterocycles. The third-order valence-electron chi connectivity index (χ3n) is 4.98. The standard InChI is InChI=1S/C20H23F2IN4O4S/c1-32(29,30)27-6-4-26(5-7-27)8-9-31-18-11-13(21)10-17(19(18)20(24)28)25-16-3-2-14(23)12-15(16)22/h2-3,10-12,25H,4-9H2,1H3,(H2,24,28). The minimum absolute atomic E-state index is 0.00521. The van der Waals surface area contributed by atoms with E-state index in [0.717, 1.165) is 12.1 Å². The van der Waals surface area contributed by atoms with E-state index in [0.29, 0.717) is 36.3 Å². The van der Waals surface area contributed by atoms with Gasteiger partial charge < -0.3 is 15.8 Å². The Morgan fingerprint density at radius 2 is 1.84 bits per heavy atom. The molecule has 0 radical (unpaired) electrons. The fourth-order valence-electron chi connectivity index (χ4n) is 3.35. The summed E-state index contributed by atoms with van der Waals surface area (Å²) >= 11 is 1.96. The van der Waals surface area contributed by atoms with Gasteiger partial charge in [-0.15, -0.1) is 0 Å². The number of nitrogens with zero attached hydrogens (tertiary/aromatic N) is 2. The molecular formula is C20H23F2IN4O4S. The number of hydrogen-bond donors (Lipinski definition) is 2. The van der Waals surface area contributed by atoms with Gasteiger partial charge in [0.15, 0.2) is 0 Å². The summed E-state index contributed by atoms with van der Waals surface area (Å²) in [7, 11) is -3.22. The first-order valence-electron chi connectivity index (χ1n) is 9.70. The molecule has 1 fully saturated rings. The molecule has 1 amide bonds. The molecule has 0 aliphatic carbocycles. The summed E-state index contributed by atoms with van der Waals surface area (Å²) < 4.78 is 59.4. The Labute approximate surface area is 198 Å². The normalized spacial score (nSPS) is 15.5. The van der Waals surface area contributed by atoms with Gasteiger partial charge in [-0.25, -0.2) is 17.2 Å². The van der Waals surface area contributed by atoms with E-state index in [2.05, 4.69) is 5.32 Å².